The van der Waals surface area contributed by atoms with E-state index in [1.807, 2.05) is 0 Å². The molecule has 3 aromatic carbocycles. The second kappa shape index (κ2) is 10.7. The number of hydrogen-bond donors (Lipinski definition) is 1. The Morgan fingerprint density at radius 2 is 1.77 bits per heavy atom. The Morgan fingerprint density at radius 1 is 1.03 bits per heavy atom. The van der Waals surface area contributed by atoms with Crippen molar-refractivity contribution in [3.63, 3.8) is 0 Å². The summed E-state index contributed by atoms with van der Waals surface area (Å²) in [7, 11) is 0. The molecule has 3 aromatic rings. The van der Waals surface area contributed by atoms with Gasteiger partial charge in [-0.1, -0.05) is 41.9 Å². The van der Waals surface area contributed by atoms with E-state index in [9.17, 15) is 23.2 Å². The summed E-state index contributed by atoms with van der Waals surface area (Å²) in [5, 5.41) is 1.72. The third kappa shape index (κ3) is 6.06. The van der Waals surface area contributed by atoms with E-state index in [-0.39, 0.29) is 28.0 Å². The number of thioether (sulfide) groups is 1. The lowest BCUT2D eigenvalue weighted by molar-refractivity contribution is -0.127. The fourth-order valence-corrected chi connectivity index (χ4v) is 4.16. The zero-order chi connectivity index (χ0) is 24.9. The Labute approximate surface area is 208 Å². The molecule has 1 saturated heterocycles. The maximum atomic E-state index is 13.7. The number of halogens is 3. The monoisotopic (exact) mass is 514 g/mol. The van der Waals surface area contributed by atoms with Gasteiger partial charge in [-0.25, -0.2) is 8.78 Å². The number of ether oxygens (including phenoxy) is 1. The second-order valence-electron chi connectivity index (χ2n) is 7.39. The molecule has 1 aliphatic rings. The third-order valence-electron chi connectivity index (χ3n) is 4.91. The van der Waals surface area contributed by atoms with E-state index in [0.717, 1.165) is 22.7 Å². The van der Waals surface area contributed by atoms with E-state index in [1.54, 1.807) is 42.5 Å². The maximum absolute atomic E-state index is 13.7. The summed E-state index contributed by atoms with van der Waals surface area (Å²) >= 11 is 6.41. The van der Waals surface area contributed by atoms with Crippen molar-refractivity contribution >= 4 is 52.2 Å². The van der Waals surface area contributed by atoms with Crippen LogP contribution in [0.2, 0.25) is 5.02 Å². The van der Waals surface area contributed by atoms with Crippen LogP contribution < -0.4 is 10.1 Å². The highest BCUT2D eigenvalue weighted by atomic mass is 35.5. The Kier molecular flexibility index (Phi) is 7.48. The molecule has 0 spiro atoms. The molecule has 3 amide bonds. The Balaban J connectivity index is 1.36. The summed E-state index contributed by atoms with van der Waals surface area (Å²) in [6.45, 7) is -0.434. The third-order valence-corrected chi connectivity index (χ3v) is 6.11. The maximum Gasteiger partial charge on any atom is 0.294 e. The first-order chi connectivity index (χ1) is 16.8. The second-order valence-corrected chi connectivity index (χ2v) is 8.79. The van der Waals surface area contributed by atoms with E-state index in [4.69, 9.17) is 16.3 Å². The minimum atomic E-state index is -0.634. The van der Waals surface area contributed by atoms with Crippen LogP contribution in [0.3, 0.4) is 0 Å². The molecule has 1 aliphatic heterocycles. The molecule has 1 heterocycles. The molecule has 0 unspecified atom stereocenters. The molecule has 35 heavy (non-hydrogen) atoms. The molecular weight excluding hydrogens is 498 g/mol. The van der Waals surface area contributed by atoms with E-state index in [2.05, 4.69) is 5.32 Å². The SMILES string of the molecule is O=C(CN1C(=O)S/C(=C/c2ccc(OCc3ccccc3F)cc2)C1=O)Nc1ccc(F)c(Cl)c1. The van der Waals surface area contributed by atoms with Gasteiger partial charge in [0.2, 0.25) is 5.91 Å². The fraction of sp³-hybridized carbons (Fsp3) is 0.0800. The van der Waals surface area contributed by atoms with E-state index < -0.39 is 29.4 Å². The first kappa shape index (κ1) is 24.4. The molecule has 6 nitrogen and oxygen atoms in total. The zero-order valence-corrected chi connectivity index (χ0v) is 19.5. The molecule has 178 valence electrons. The van der Waals surface area contributed by atoms with Crippen LogP contribution in [0.4, 0.5) is 19.3 Å². The van der Waals surface area contributed by atoms with Gasteiger partial charge in [-0.2, -0.15) is 0 Å². The number of anilines is 1. The fourth-order valence-electron chi connectivity index (χ4n) is 3.14. The van der Waals surface area contributed by atoms with Crippen molar-refractivity contribution in [2.24, 2.45) is 0 Å². The van der Waals surface area contributed by atoms with Gasteiger partial charge in [0.1, 0.15) is 30.5 Å². The summed E-state index contributed by atoms with van der Waals surface area (Å²) in [4.78, 5) is 38.2. The Bertz CT molecular complexity index is 1330. The van der Waals surface area contributed by atoms with Crippen LogP contribution in [-0.2, 0) is 16.2 Å². The number of benzene rings is 3. The van der Waals surface area contributed by atoms with Gasteiger partial charge >= 0.3 is 0 Å². The number of hydrogen-bond acceptors (Lipinski definition) is 5. The average molecular weight is 515 g/mol. The average Bonchev–Trinajstić information content (AvgIpc) is 3.09. The molecule has 0 aromatic heterocycles. The lowest BCUT2D eigenvalue weighted by Gasteiger charge is -2.12. The molecule has 0 atom stereocenters. The van der Waals surface area contributed by atoms with Crippen molar-refractivity contribution in [2.75, 3.05) is 11.9 Å². The van der Waals surface area contributed by atoms with Gasteiger partial charge in [0.25, 0.3) is 11.1 Å². The highest BCUT2D eigenvalue weighted by Crippen LogP contribution is 2.32. The summed E-state index contributed by atoms with van der Waals surface area (Å²) in [6.07, 6.45) is 1.53. The molecule has 0 aliphatic carbocycles. The molecule has 1 N–H and O–H groups in total. The number of amides is 3. The smallest absolute Gasteiger partial charge is 0.294 e. The van der Waals surface area contributed by atoms with E-state index in [0.29, 0.717) is 16.9 Å². The van der Waals surface area contributed by atoms with Crippen LogP contribution in [0.5, 0.6) is 5.75 Å². The normalized spacial score (nSPS) is 14.5. The zero-order valence-electron chi connectivity index (χ0n) is 18.0. The standard InChI is InChI=1S/C25H17ClF2N2O4S/c26-19-12-17(7-10-21(19)28)29-23(31)13-30-24(32)22(35-25(30)33)11-15-5-8-18(9-6-15)34-14-16-3-1-2-4-20(16)27/h1-12H,13-14H2,(H,29,31)/b22-11+. The van der Waals surface area contributed by atoms with Crippen LogP contribution in [0.15, 0.2) is 71.6 Å². The lowest BCUT2D eigenvalue weighted by Crippen LogP contribution is -2.36. The van der Waals surface area contributed by atoms with Crippen molar-refractivity contribution in [1.82, 2.24) is 4.90 Å². The van der Waals surface area contributed by atoms with Crippen molar-refractivity contribution < 1.29 is 27.9 Å². The summed E-state index contributed by atoms with van der Waals surface area (Å²) in [6, 6.07) is 16.7. The minimum Gasteiger partial charge on any atom is -0.489 e. The van der Waals surface area contributed by atoms with Gasteiger partial charge in [-0.15, -0.1) is 0 Å². The molecule has 1 fully saturated rings. The number of nitrogens with one attached hydrogen (secondary N) is 1. The number of carbonyl (C=O) groups is 3. The largest absolute Gasteiger partial charge is 0.489 e. The van der Waals surface area contributed by atoms with Gasteiger partial charge in [0.05, 0.1) is 9.93 Å². The molecule has 0 saturated carbocycles. The molecule has 10 heteroatoms. The summed E-state index contributed by atoms with van der Waals surface area (Å²) < 4.78 is 32.6. The van der Waals surface area contributed by atoms with Crippen LogP contribution in [0, 0.1) is 11.6 Å². The first-order valence-electron chi connectivity index (χ1n) is 10.3. The molecular formula is C25H17ClF2N2O4S. The molecule has 0 radical (unpaired) electrons. The van der Waals surface area contributed by atoms with Gasteiger partial charge in [0.15, 0.2) is 0 Å². The first-order valence-corrected chi connectivity index (χ1v) is 11.5. The van der Waals surface area contributed by atoms with Crippen LogP contribution in [0.25, 0.3) is 6.08 Å². The van der Waals surface area contributed by atoms with Gasteiger partial charge in [0, 0.05) is 11.3 Å². The Morgan fingerprint density at radius 3 is 2.49 bits per heavy atom. The van der Waals surface area contributed by atoms with Crippen LogP contribution in [0.1, 0.15) is 11.1 Å². The Hall–Kier alpha value is -3.69. The lowest BCUT2D eigenvalue weighted by atomic mass is 10.2. The number of carbonyl (C=O) groups excluding carboxylic acids is 3. The summed E-state index contributed by atoms with van der Waals surface area (Å²) in [5.74, 6) is -1.71. The highest BCUT2D eigenvalue weighted by molar-refractivity contribution is 8.18. The van der Waals surface area contributed by atoms with Crippen molar-refractivity contribution in [2.45, 2.75) is 6.61 Å². The molecule has 0 bridgehead atoms. The highest BCUT2D eigenvalue weighted by Gasteiger charge is 2.36. The topological polar surface area (TPSA) is 75.7 Å². The number of rotatable bonds is 7. The van der Waals surface area contributed by atoms with E-state index >= 15 is 0 Å². The minimum absolute atomic E-state index is 0.0666. The quantitative estimate of drug-likeness (QED) is 0.399. The van der Waals surface area contributed by atoms with E-state index in [1.165, 1.54) is 24.3 Å². The van der Waals surface area contributed by atoms with Crippen LogP contribution >= 0.6 is 23.4 Å². The predicted octanol–water partition coefficient (Wildman–Crippen LogP) is 5.87. The summed E-state index contributed by atoms with van der Waals surface area (Å²) in [5.41, 5.74) is 1.30. The van der Waals surface area contributed by atoms with Crippen molar-refractivity contribution in [1.29, 1.82) is 0 Å². The van der Waals surface area contributed by atoms with Crippen LogP contribution in [-0.4, -0.2) is 28.5 Å². The number of nitrogens with zero attached hydrogens (tertiary/aromatic N) is 1. The van der Waals surface area contributed by atoms with Gasteiger partial charge in [-0.3, -0.25) is 19.3 Å². The van der Waals surface area contributed by atoms with Gasteiger partial charge in [-0.05, 0) is 59.8 Å². The number of imide groups is 1. The predicted molar refractivity (Wildman–Crippen MR) is 130 cm³/mol. The van der Waals surface area contributed by atoms with Gasteiger partial charge < -0.3 is 10.1 Å². The van der Waals surface area contributed by atoms with Crippen molar-refractivity contribution in [3.05, 3.63) is 99.4 Å². The molecule has 4 rings (SSSR count). The van der Waals surface area contributed by atoms with Crippen molar-refractivity contribution in [3.8, 4) is 5.75 Å².